The van der Waals surface area contributed by atoms with Gasteiger partial charge in [0.25, 0.3) is 0 Å². The van der Waals surface area contributed by atoms with Crippen molar-refractivity contribution in [3.8, 4) is 0 Å². The van der Waals surface area contributed by atoms with Crippen molar-refractivity contribution in [3.05, 3.63) is 23.8 Å². The summed E-state index contributed by atoms with van der Waals surface area (Å²) in [5.41, 5.74) is 1.45. The van der Waals surface area contributed by atoms with Crippen LogP contribution in [0.2, 0.25) is 0 Å². The third kappa shape index (κ3) is 2.94. The number of methoxy groups -OCH3 is 1. The monoisotopic (exact) mass is 222 g/mol. The summed E-state index contributed by atoms with van der Waals surface area (Å²) >= 11 is 0. The van der Waals surface area contributed by atoms with E-state index >= 15 is 0 Å². The van der Waals surface area contributed by atoms with E-state index in [1.807, 2.05) is 0 Å². The van der Waals surface area contributed by atoms with E-state index in [1.165, 1.54) is 5.57 Å². The summed E-state index contributed by atoms with van der Waals surface area (Å²) in [5.74, 6) is 0. The van der Waals surface area contributed by atoms with Crippen LogP contribution in [0.4, 0.5) is 0 Å². The Balaban J connectivity index is 1.86. The van der Waals surface area contributed by atoms with Crippen LogP contribution in [0.25, 0.3) is 0 Å². The maximum absolute atomic E-state index is 5.30. The van der Waals surface area contributed by atoms with Gasteiger partial charge in [-0.1, -0.05) is 23.8 Å². The van der Waals surface area contributed by atoms with Gasteiger partial charge in [0.2, 0.25) is 0 Å². The second kappa shape index (κ2) is 5.62. The van der Waals surface area contributed by atoms with E-state index in [-0.39, 0.29) is 6.10 Å². The van der Waals surface area contributed by atoms with Gasteiger partial charge in [-0.3, -0.25) is 0 Å². The van der Waals surface area contributed by atoms with E-state index in [1.54, 1.807) is 7.11 Å². The molecule has 0 aromatic carbocycles. The zero-order valence-electron chi connectivity index (χ0n) is 10.3. The smallest absolute Gasteiger partial charge is 0.0789 e. The minimum absolute atomic E-state index is 0.283. The van der Waals surface area contributed by atoms with Gasteiger partial charge in [-0.2, -0.15) is 0 Å². The molecule has 1 aliphatic carbocycles. The SMILES string of the molecule is COC1C=CC(CC2CNCCN2C)=CC1. The van der Waals surface area contributed by atoms with E-state index in [2.05, 4.69) is 35.5 Å². The van der Waals surface area contributed by atoms with Crippen LogP contribution in [-0.2, 0) is 4.74 Å². The van der Waals surface area contributed by atoms with Gasteiger partial charge in [0.15, 0.2) is 0 Å². The predicted octanol–water partition coefficient (Wildman–Crippen LogP) is 1.18. The Kier molecular flexibility index (Phi) is 4.16. The molecule has 2 unspecified atom stereocenters. The maximum Gasteiger partial charge on any atom is 0.0789 e. The highest BCUT2D eigenvalue weighted by molar-refractivity contribution is 5.25. The fourth-order valence-electron chi connectivity index (χ4n) is 2.33. The van der Waals surface area contributed by atoms with Crippen LogP contribution in [-0.4, -0.2) is 50.8 Å². The van der Waals surface area contributed by atoms with Crippen LogP contribution in [0.15, 0.2) is 23.8 Å². The van der Waals surface area contributed by atoms with Gasteiger partial charge in [0, 0.05) is 32.8 Å². The first-order valence-corrected chi connectivity index (χ1v) is 6.10. The second-order valence-electron chi connectivity index (χ2n) is 4.69. The van der Waals surface area contributed by atoms with Crippen molar-refractivity contribution in [1.82, 2.24) is 10.2 Å². The maximum atomic E-state index is 5.30. The minimum atomic E-state index is 0.283. The Hall–Kier alpha value is -0.640. The summed E-state index contributed by atoms with van der Waals surface area (Å²) in [6.07, 6.45) is 9.16. The molecular weight excluding hydrogens is 200 g/mol. The molecule has 2 rings (SSSR count). The van der Waals surface area contributed by atoms with E-state index in [0.29, 0.717) is 6.04 Å². The van der Waals surface area contributed by atoms with Gasteiger partial charge in [-0.25, -0.2) is 0 Å². The predicted molar refractivity (Wildman–Crippen MR) is 66.5 cm³/mol. The molecule has 1 saturated heterocycles. The molecule has 2 atom stereocenters. The lowest BCUT2D eigenvalue weighted by Crippen LogP contribution is -2.49. The number of piperazine rings is 1. The van der Waals surface area contributed by atoms with Crippen molar-refractivity contribution in [3.63, 3.8) is 0 Å². The third-order valence-electron chi connectivity index (χ3n) is 3.56. The van der Waals surface area contributed by atoms with Gasteiger partial charge >= 0.3 is 0 Å². The van der Waals surface area contributed by atoms with Crippen LogP contribution in [0.5, 0.6) is 0 Å². The Bertz CT molecular complexity index is 286. The quantitative estimate of drug-likeness (QED) is 0.776. The molecule has 90 valence electrons. The fraction of sp³-hybridized carbons (Fsp3) is 0.692. The summed E-state index contributed by atoms with van der Waals surface area (Å²) in [5, 5.41) is 3.46. The number of nitrogens with zero attached hydrogens (tertiary/aromatic N) is 1. The highest BCUT2D eigenvalue weighted by Gasteiger charge is 2.19. The molecule has 2 aliphatic rings. The average molecular weight is 222 g/mol. The molecule has 3 heteroatoms. The Morgan fingerprint density at radius 3 is 3.06 bits per heavy atom. The molecule has 0 aromatic rings. The number of likely N-dealkylation sites (N-methyl/N-ethyl adjacent to an activating group) is 1. The van der Waals surface area contributed by atoms with Crippen molar-refractivity contribution in [1.29, 1.82) is 0 Å². The molecule has 0 saturated carbocycles. The molecule has 0 aromatic heterocycles. The van der Waals surface area contributed by atoms with E-state index < -0.39 is 0 Å². The average Bonchev–Trinajstić information content (AvgIpc) is 2.33. The first-order chi connectivity index (χ1) is 7.79. The van der Waals surface area contributed by atoms with Crippen molar-refractivity contribution >= 4 is 0 Å². The lowest BCUT2D eigenvalue weighted by molar-refractivity contribution is 0.142. The Labute approximate surface area is 98.2 Å². The number of hydrogen-bond acceptors (Lipinski definition) is 3. The fourth-order valence-corrected chi connectivity index (χ4v) is 2.33. The lowest BCUT2D eigenvalue weighted by atomic mass is 9.97. The van der Waals surface area contributed by atoms with Crippen LogP contribution < -0.4 is 5.32 Å². The minimum Gasteiger partial charge on any atom is -0.377 e. The van der Waals surface area contributed by atoms with Gasteiger partial charge in [0.05, 0.1) is 6.10 Å². The normalized spacial score (nSPS) is 31.5. The van der Waals surface area contributed by atoms with Gasteiger partial charge in [-0.15, -0.1) is 0 Å². The van der Waals surface area contributed by atoms with Crippen LogP contribution in [0.3, 0.4) is 0 Å². The molecule has 1 heterocycles. The van der Waals surface area contributed by atoms with Crippen molar-refractivity contribution in [2.45, 2.75) is 25.0 Å². The molecule has 1 N–H and O–H groups in total. The summed E-state index contributed by atoms with van der Waals surface area (Å²) in [6.45, 7) is 3.38. The molecule has 16 heavy (non-hydrogen) atoms. The largest absolute Gasteiger partial charge is 0.377 e. The molecule has 0 spiro atoms. The highest BCUT2D eigenvalue weighted by atomic mass is 16.5. The summed E-state index contributed by atoms with van der Waals surface area (Å²) in [7, 11) is 3.99. The lowest BCUT2D eigenvalue weighted by Gasteiger charge is -2.33. The van der Waals surface area contributed by atoms with Crippen molar-refractivity contribution in [2.75, 3.05) is 33.8 Å². The molecule has 0 bridgehead atoms. The zero-order chi connectivity index (χ0) is 11.4. The molecule has 0 radical (unpaired) electrons. The summed E-state index contributed by atoms with van der Waals surface area (Å²) < 4.78 is 5.30. The van der Waals surface area contributed by atoms with E-state index in [0.717, 1.165) is 32.5 Å². The molecule has 0 amide bonds. The van der Waals surface area contributed by atoms with Crippen LogP contribution in [0.1, 0.15) is 12.8 Å². The number of nitrogens with one attached hydrogen (secondary N) is 1. The second-order valence-corrected chi connectivity index (χ2v) is 4.69. The molecule has 1 fully saturated rings. The van der Waals surface area contributed by atoms with Crippen LogP contribution >= 0.6 is 0 Å². The summed E-state index contributed by atoms with van der Waals surface area (Å²) in [6, 6.07) is 0.642. The topological polar surface area (TPSA) is 24.5 Å². The Morgan fingerprint density at radius 1 is 1.56 bits per heavy atom. The van der Waals surface area contributed by atoms with Crippen molar-refractivity contribution < 1.29 is 4.74 Å². The Morgan fingerprint density at radius 2 is 2.44 bits per heavy atom. The van der Waals surface area contributed by atoms with E-state index in [4.69, 9.17) is 4.74 Å². The zero-order valence-corrected chi connectivity index (χ0v) is 10.3. The molecule has 1 aliphatic heterocycles. The highest BCUT2D eigenvalue weighted by Crippen LogP contribution is 2.19. The van der Waals surface area contributed by atoms with Crippen molar-refractivity contribution in [2.24, 2.45) is 0 Å². The standard InChI is InChI=1S/C13H22N2O/c1-15-8-7-14-10-12(15)9-11-3-5-13(16-2)6-4-11/h3-5,12-14H,6-10H2,1-2H3. The first-order valence-electron chi connectivity index (χ1n) is 6.10. The van der Waals surface area contributed by atoms with Gasteiger partial charge in [-0.05, 0) is 19.9 Å². The number of rotatable bonds is 3. The summed E-state index contributed by atoms with van der Waals surface area (Å²) in [4.78, 5) is 2.45. The number of ether oxygens (including phenoxy) is 1. The van der Waals surface area contributed by atoms with Gasteiger partial charge in [0.1, 0.15) is 0 Å². The third-order valence-corrected chi connectivity index (χ3v) is 3.56. The number of allylic oxidation sites excluding steroid dienone is 1. The van der Waals surface area contributed by atoms with Gasteiger partial charge < -0.3 is 15.0 Å². The van der Waals surface area contributed by atoms with Crippen LogP contribution in [0, 0.1) is 0 Å². The number of hydrogen-bond donors (Lipinski definition) is 1. The molecular formula is C13H22N2O. The molecule has 3 nitrogen and oxygen atoms in total. The van der Waals surface area contributed by atoms with E-state index in [9.17, 15) is 0 Å². The first kappa shape index (κ1) is 11.8.